The Morgan fingerprint density at radius 2 is 1.41 bits per heavy atom. The van der Waals surface area contributed by atoms with Crippen LogP contribution in [0.3, 0.4) is 0 Å². The Kier molecular flexibility index (Phi) is 3.92. The highest BCUT2D eigenvalue weighted by Gasteiger charge is 2.17. The third kappa shape index (κ3) is 2.93. The molecule has 0 aliphatic rings. The van der Waals surface area contributed by atoms with E-state index in [-0.39, 0.29) is 11.7 Å². The van der Waals surface area contributed by atoms with E-state index < -0.39 is 0 Å². The molecule has 0 unspecified atom stereocenters. The molecule has 0 atom stereocenters. The van der Waals surface area contributed by atoms with Crippen LogP contribution in [-0.2, 0) is 0 Å². The number of nitrogens with two attached hydrogens (primary N) is 2. The van der Waals surface area contributed by atoms with Crippen LogP contribution in [0.25, 0.3) is 33.3 Å². The molecule has 0 fully saturated rings. The summed E-state index contributed by atoms with van der Waals surface area (Å²) in [5, 5.41) is 11.8. The van der Waals surface area contributed by atoms with Crippen molar-refractivity contribution >= 4 is 22.4 Å². The summed E-state index contributed by atoms with van der Waals surface area (Å²) < 4.78 is 0. The number of phenolic OH excluding ortho intramolecular Hbond substituents is 1. The lowest BCUT2D eigenvalue weighted by Gasteiger charge is -2.14. The van der Waals surface area contributed by atoms with Crippen LogP contribution in [0.15, 0.2) is 54.6 Å². The van der Waals surface area contributed by atoms with Gasteiger partial charge in [-0.15, -0.1) is 0 Å². The fraction of sp³-hybridized carbons (Fsp3) is 0.0909. The van der Waals surface area contributed by atoms with Gasteiger partial charge in [0.05, 0.1) is 11.4 Å². The van der Waals surface area contributed by atoms with Gasteiger partial charge >= 0.3 is 0 Å². The average molecular weight is 356 g/mol. The maximum atomic E-state index is 10.2. The van der Waals surface area contributed by atoms with E-state index >= 15 is 0 Å². The minimum atomic E-state index is 0.158. The highest BCUT2D eigenvalue weighted by molar-refractivity contribution is 6.02. The van der Waals surface area contributed by atoms with Crippen molar-refractivity contribution in [2.45, 2.75) is 13.8 Å². The summed E-state index contributed by atoms with van der Waals surface area (Å²) in [4.78, 5) is 8.82. The average Bonchev–Trinajstić information content (AvgIpc) is 2.63. The standard InChI is InChI=1S/C22H20N4O/c1-12-9-13(2)11-14(10-12)20-19(23)21(26-22(24)25-20)17-7-8-18(27)16-6-4-3-5-15(16)17/h3-11,27H,23H2,1-2H3,(H2,24,25,26). The molecule has 0 saturated carbocycles. The van der Waals surface area contributed by atoms with Crippen molar-refractivity contribution in [3.8, 4) is 28.3 Å². The first-order chi connectivity index (χ1) is 12.9. The first-order valence-corrected chi connectivity index (χ1v) is 8.67. The summed E-state index contributed by atoms with van der Waals surface area (Å²) in [6, 6.07) is 17.2. The predicted molar refractivity (Wildman–Crippen MR) is 110 cm³/mol. The molecule has 1 aromatic heterocycles. The fourth-order valence-electron chi connectivity index (χ4n) is 3.51. The zero-order valence-corrected chi connectivity index (χ0v) is 15.2. The molecule has 5 nitrogen and oxygen atoms in total. The Morgan fingerprint density at radius 1 is 0.778 bits per heavy atom. The number of aryl methyl sites for hydroxylation is 2. The van der Waals surface area contributed by atoms with E-state index in [1.54, 1.807) is 12.1 Å². The number of rotatable bonds is 2. The molecule has 0 saturated heterocycles. The molecule has 3 aromatic carbocycles. The Morgan fingerprint density at radius 3 is 2.11 bits per heavy atom. The smallest absolute Gasteiger partial charge is 0.221 e. The summed E-state index contributed by atoms with van der Waals surface area (Å²) in [5.41, 5.74) is 18.1. The summed E-state index contributed by atoms with van der Waals surface area (Å²) in [6.45, 7) is 4.07. The van der Waals surface area contributed by atoms with Crippen molar-refractivity contribution in [1.29, 1.82) is 0 Å². The molecule has 4 rings (SSSR count). The third-order valence-corrected chi connectivity index (χ3v) is 4.61. The summed E-state index contributed by atoms with van der Waals surface area (Å²) in [5.74, 6) is 0.370. The van der Waals surface area contributed by atoms with Crippen molar-refractivity contribution < 1.29 is 5.11 Å². The van der Waals surface area contributed by atoms with E-state index in [1.165, 1.54) is 0 Å². The van der Waals surface area contributed by atoms with E-state index in [0.29, 0.717) is 17.1 Å². The van der Waals surface area contributed by atoms with Crippen molar-refractivity contribution in [1.82, 2.24) is 9.97 Å². The van der Waals surface area contributed by atoms with E-state index in [1.807, 2.05) is 50.2 Å². The zero-order chi connectivity index (χ0) is 19.1. The lowest BCUT2D eigenvalue weighted by molar-refractivity contribution is 0.481. The Balaban J connectivity index is 2.01. The maximum absolute atomic E-state index is 10.2. The number of nitrogens with zero attached hydrogens (tertiary/aromatic N) is 2. The van der Waals surface area contributed by atoms with Crippen LogP contribution in [0.4, 0.5) is 11.6 Å². The second kappa shape index (κ2) is 6.29. The van der Waals surface area contributed by atoms with Gasteiger partial charge in [-0.25, -0.2) is 9.97 Å². The molecule has 5 N–H and O–H groups in total. The number of nitrogen functional groups attached to an aromatic ring is 2. The number of benzene rings is 3. The lowest BCUT2D eigenvalue weighted by atomic mass is 9.98. The van der Waals surface area contributed by atoms with Crippen LogP contribution >= 0.6 is 0 Å². The first kappa shape index (κ1) is 16.8. The molecular formula is C22H20N4O. The van der Waals surface area contributed by atoms with Gasteiger partial charge in [0.25, 0.3) is 0 Å². The monoisotopic (exact) mass is 356 g/mol. The highest BCUT2D eigenvalue weighted by atomic mass is 16.3. The molecule has 0 spiro atoms. The topological polar surface area (TPSA) is 98.0 Å². The van der Waals surface area contributed by atoms with E-state index in [4.69, 9.17) is 11.5 Å². The minimum absolute atomic E-state index is 0.158. The van der Waals surface area contributed by atoms with Gasteiger partial charge < -0.3 is 16.6 Å². The molecule has 1 heterocycles. The number of anilines is 2. The summed E-state index contributed by atoms with van der Waals surface area (Å²) >= 11 is 0. The van der Waals surface area contributed by atoms with Gasteiger partial charge in [-0.2, -0.15) is 0 Å². The SMILES string of the molecule is Cc1cc(C)cc(-c2nc(N)nc(-c3ccc(O)c4ccccc34)c2N)c1. The largest absolute Gasteiger partial charge is 0.507 e. The maximum Gasteiger partial charge on any atom is 0.221 e. The molecular weight excluding hydrogens is 336 g/mol. The van der Waals surface area contributed by atoms with Gasteiger partial charge in [0.15, 0.2) is 0 Å². The van der Waals surface area contributed by atoms with Gasteiger partial charge in [0, 0.05) is 16.5 Å². The number of hydrogen-bond acceptors (Lipinski definition) is 5. The quantitative estimate of drug-likeness (QED) is 0.493. The zero-order valence-electron chi connectivity index (χ0n) is 15.2. The van der Waals surface area contributed by atoms with Crippen LogP contribution in [0.5, 0.6) is 5.75 Å². The molecule has 0 radical (unpaired) electrons. The van der Waals surface area contributed by atoms with Crippen molar-refractivity contribution in [2.24, 2.45) is 0 Å². The van der Waals surface area contributed by atoms with Crippen LogP contribution in [0.1, 0.15) is 11.1 Å². The summed E-state index contributed by atoms with van der Waals surface area (Å²) in [6.07, 6.45) is 0. The van der Waals surface area contributed by atoms with Crippen LogP contribution in [0, 0.1) is 13.8 Å². The molecule has 0 amide bonds. The first-order valence-electron chi connectivity index (χ1n) is 8.67. The molecule has 0 aliphatic carbocycles. The van der Waals surface area contributed by atoms with Crippen molar-refractivity contribution in [2.75, 3.05) is 11.5 Å². The molecule has 27 heavy (non-hydrogen) atoms. The van der Waals surface area contributed by atoms with Crippen molar-refractivity contribution in [3.05, 3.63) is 65.7 Å². The lowest BCUT2D eigenvalue weighted by Crippen LogP contribution is -2.05. The Bertz CT molecular complexity index is 1160. The van der Waals surface area contributed by atoms with E-state index in [2.05, 4.69) is 16.0 Å². The van der Waals surface area contributed by atoms with Gasteiger partial charge in [0.2, 0.25) is 5.95 Å². The van der Waals surface area contributed by atoms with Gasteiger partial charge in [-0.05, 0) is 43.5 Å². The van der Waals surface area contributed by atoms with E-state index in [0.717, 1.165) is 33.0 Å². The predicted octanol–water partition coefficient (Wildman–Crippen LogP) is 4.45. The third-order valence-electron chi connectivity index (χ3n) is 4.61. The Hall–Kier alpha value is -3.60. The fourth-order valence-corrected chi connectivity index (χ4v) is 3.51. The number of aromatic nitrogens is 2. The molecule has 0 bridgehead atoms. The second-order valence-corrected chi connectivity index (χ2v) is 6.75. The normalized spacial score (nSPS) is 11.0. The van der Waals surface area contributed by atoms with Gasteiger partial charge in [-0.3, -0.25) is 0 Å². The number of phenols is 1. The second-order valence-electron chi connectivity index (χ2n) is 6.75. The number of hydrogen-bond donors (Lipinski definition) is 3. The van der Waals surface area contributed by atoms with Crippen LogP contribution in [0.2, 0.25) is 0 Å². The van der Waals surface area contributed by atoms with Gasteiger partial charge in [0.1, 0.15) is 11.4 Å². The molecule has 4 aromatic rings. The molecule has 5 heteroatoms. The Labute approximate surface area is 157 Å². The van der Waals surface area contributed by atoms with Crippen LogP contribution < -0.4 is 11.5 Å². The number of fused-ring (bicyclic) bond motifs is 1. The molecule has 134 valence electrons. The number of aromatic hydroxyl groups is 1. The van der Waals surface area contributed by atoms with Gasteiger partial charge in [-0.1, -0.05) is 41.5 Å². The molecule has 0 aliphatic heterocycles. The highest BCUT2D eigenvalue weighted by Crippen LogP contribution is 2.38. The van der Waals surface area contributed by atoms with Crippen LogP contribution in [-0.4, -0.2) is 15.1 Å². The summed E-state index contributed by atoms with van der Waals surface area (Å²) in [7, 11) is 0. The van der Waals surface area contributed by atoms with E-state index in [9.17, 15) is 5.11 Å². The minimum Gasteiger partial charge on any atom is -0.507 e. The van der Waals surface area contributed by atoms with Crippen molar-refractivity contribution in [3.63, 3.8) is 0 Å².